The van der Waals surface area contributed by atoms with Crippen LogP contribution >= 0.6 is 12.4 Å². The average Bonchev–Trinajstić information content (AvgIpc) is 2.72. The number of carbonyl (C=O) groups excluding carboxylic acids is 2. The number of hydrogen-bond acceptors (Lipinski definition) is 5. The van der Waals surface area contributed by atoms with Gasteiger partial charge in [0.05, 0.1) is 12.8 Å². The molecule has 0 aliphatic carbocycles. The molecular weight excluding hydrogens is 392 g/mol. The minimum atomic E-state index is -0.198. The molecule has 0 saturated carbocycles. The summed E-state index contributed by atoms with van der Waals surface area (Å²) in [7, 11) is 1.69. The summed E-state index contributed by atoms with van der Waals surface area (Å²) in [6.07, 6.45) is 3.15. The number of hydrogen-bond donors (Lipinski definition) is 2. The van der Waals surface area contributed by atoms with Crippen LogP contribution < -0.4 is 20.1 Å². The summed E-state index contributed by atoms with van der Waals surface area (Å²) < 4.78 is 10.7. The smallest absolute Gasteiger partial charge is 0.262 e. The summed E-state index contributed by atoms with van der Waals surface area (Å²) in [6.45, 7) is 1.76. The van der Waals surface area contributed by atoms with Gasteiger partial charge >= 0.3 is 0 Å². The zero-order valence-corrected chi connectivity index (χ0v) is 17.3. The van der Waals surface area contributed by atoms with Gasteiger partial charge in [-0.15, -0.1) is 12.4 Å². The molecule has 1 aliphatic rings. The Bertz CT molecular complexity index is 841. The highest BCUT2D eigenvalue weighted by atomic mass is 35.5. The number of anilines is 1. The van der Waals surface area contributed by atoms with E-state index in [4.69, 9.17) is 9.47 Å². The number of halogens is 1. The Labute approximate surface area is 177 Å². The van der Waals surface area contributed by atoms with E-state index in [1.54, 1.807) is 25.3 Å². The zero-order valence-electron chi connectivity index (χ0n) is 16.5. The molecule has 3 rings (SSSR count). The van der Waals surface area contributed by atoms with Crippen LogP contribution in [0, 0.1) is 0 Å². The molecule has 6 nitrogen and oxygen atoms in total. The Morgan fingerprint density at radius 1 is 1.17 bits per heavy atom. The highest BCUT2D eigenvalue weighted by Gasteiger charge is 2.17. The van der Waals surface area contributed by atoms with E-state index in [1.165, 1.54) is 5.56 Å². The van der Waals surface area contributed by atoms with Gasteiger partial charge in [0, 0.05) is 12.0 Å². The number of amides is 1. The summed E-state index contributed by atoms with van der Waals surface area (Å²) in [6, 6.07) is 13.2. The van der Waals surface area contributed by atoms with E-state index in [2.05, 4.69) is 16.7 Å². The van der Waals surface area contributed by atoms with Gasteiger partial charge in [-0.05, 0) is 62.2 Å². The third-order valence-corrected chi connectivity index (χ3v) is 4.71. The van der Waals surface area contributed by atoms with Gasteiger partial charge in [0.15, 0.2) is 12.4 Å². The van der Waals surface area contributed by atoms with E-state index >= 15 is 0 Å². The molecule has 156 valence electrons. The van der Waals surface area contributed by atoms with Crippen molar-refractivity contribution in [2.24, 2.45) is 0 Å². The van der Waals surface area contributed by atoms with Crippen molar-refractivity contribution in [3.05, 3.63) is 53.6 Å². The lowest BCUT2D eigenvalue weighted by molar-refractivity contribution is -0.118. The number of methoxy groups -OCH3 is 1. The van der Waals surface area contributed by atoms with Crippen LogP contribution in [0.4, 0.5) is 5.69 Å². The quantitative estimate of drug-likeness (QED) is 0.455. The number of ketones is 1. The third-order valence-electron chi connectivity index (χ3n) is 4.71. The molecule has 0 fully saturated rings. The van der Waals surface area contributed by atoms with Gasteiger partial charge in [-0.25, -0.2) is 0 Å². The molecule has 2 N–H and O–H groups in total. The van der Waals surface area contributed by atoms with Crippen LogP contribution in [0.3, 0.4) is 0 Å². The third kappa shape index (κ3) is 6.48. The minimum absolute atomic E-state index is 0. The van der Waals surface area contributed by atoms with E-state index in [0.29, 0.717) is 23.4 Å². The van der Waals surface area contributed by atoms with Crippen molar-refractivity contribution in [3.8, 4) is 11.5 Å². The fourth-order valence-corrected chi connectivity index (χ4v) is 3.19. The predicted octanol–water partition coefficient (Wildman–Crippen LogP) is 3.63. The number of carbonyl (C=O) groups is 2. The van der Waals surface area contributed by atoms with E-state index in [1.807, 2.05) is 18.2 Å². The number of unbranched alkanes of at least 4 members (excludes halogenated alkanes) is 1. The molecule has 0 saturated heterocycles. The minimum Gasteiger partial charge on any atom is -0.496 e. The molecule has 29 heavy (non-hydrogen) atoms. The van der Waals surface area contributed by atoms with Gasteiger partial charge in [-0.1, -0.05) is 18.2 Å². The molecule has 1 aliphatic heterocycles. The molecule has 0 atom stereocenters. The first-order chi connectivity index (χ1) is 13.7. The summed E-state index contributed by atoms with van der Waals surface area (Å²) in [5.41, 5.74) is 2.37. The van der Waals surface area contributed by atoms with Gasteiger partial charge in [-0.2, -0.15) is 0 Å². The van der Waals surface area contributed by atoms with Gasteiger partial charge in [-0.3, -0.25) is 9.59 Å². The molecule has 0 radical (unpaired) electrons. The van der Waals surface area contributed by atoms with Crippen LogP contribution in [0.15, 0.2) is 42.5 Å². The average molecular weight is 419 g/mol. The molecule has 2 aromatic rings. The SMILES string of the molecule is COc1ccccc1CCNCCCCC(=O)c1ccc2c(c1)NC(=O)CO2.Cl. The van der Waals surface area contributed by atoms with Crippen molar-refractivity contribution in [2.45, 2.75) is 25.7 Å². The van der Waals surface area contributed by atoms with Crippen LogP contribution in [-0.4, -0.2) is 38.5 Å². The summed E-state index contributed by atoms with van der Waals surface area (Å²) in [4.78, 5) is 23.8. The lowest BCUT2D eigenvalue weighted by atomic mass is 10.0. The van der Waals surface area contributed by atoms with Crippen molar-refractivity contribution < 1.29 is 19.1 Å². The van der Waals surface area contributed by atoms with E-state index in [-0.39, 0.29) is 30.7 Å². The number of nitrogens with one attached hydrogen (secondary N) is 2. The van der Waals surface area contributed by atoms with Crippen LogP contribution in [-0.2, 0) is 11.2 Å². The van der Waals surface area contributed by atoms with E-state index in [9.17, 15) is 9.59 Å². The van der Waals surface area contributed by atoms with Crippen LogP contribution in [0.25, 0.3) is 0 Å². The van der Waals surface area contributed by atoms with Crippen molar-refractivity contribution >= 4 is 29.8 Å². The molecule has 0 unspecified atom stereocenters. The number of Topliss-reactive ketones (excluding diaryl/α,β-unsaturated/α-hetero) is 1. The normalized spacial score (nSPS) is 12.2. The molecule has 1 heterocycles. The Morgan fingerprint density at radius 3 is 2.83 bits per heavy atom. The fourth-order valence-electron chi connectivity index (χ4n) is 3.19. The predicted molar refractivity (Wildman–Crippen MR) is 116 cm³/mol. The number of rotatable bonds is 10. The summed E-state index contributed by atoms with van der Waals surface area (Å²) >= 11 is 0. The van der Waals surface area contributed by atoms with Gasteiger partial charge in [0.1, 0.15) is 11.5 Å². The van der Waals surface area contributed by atoms with E-state index in [0.717, 1.165) is 38.1 Å². The van der Waals surface area contributed by atoms with Crippen LogP contribution in [0.1, 0.15) is 35.2 Å². The number of ether oxygens (including phenoxy) is 2. The zero-order chi connectivity index (χ0) is 19.8. The monoisotopic (exact) mass is 418 g/mol. The van der Waals surface area contributed by atoms with Crippen molar-refractivity contribution in [1.29, 1.82) is 0 Å². The summed E-state index contributed by atoms with van der Waals surface area (Å²) in [5.74, 6) is 1.41. The lowest BCUT2D eigenvalue weighted by Gasteiger charge is -2.18. The molecule has 0 spiro atoms. The first-order valence-corrected chi connectivity index (χ1v) is 9.60. The number of para-hydroxylation sites is 1. The number of benzene rings is 2. The van der Waals surface area contributed by atoms with E-state index < -0.39 is 0 Å². The highest BCUT2D eigenvalue weighted by Crippen LogP contribution is 2.29. The topological polar surface area (TPSA) is 76.7 Å². The Kier molecular flexibility index (Phi) is 8.96. The molecular formula is C22H27ClN2O4. The standard InChI is InChI=1S/C22H26N2O4.ClH/c1-27-20-8-3-2-6-16(20)11-13-23-12-5-4-7-19(25)17-9-10-21-18(14-17)24-22(26)15-28-21;/h2-3,6,8-10,14,23H,4-5,7,11-13,15H2,1H3,(H,24,26);1H. The molecule has 1 amide bonds. The van der Waals surface area contributed by atoms with Gasteiger partial charge in [0.25, 0.3) is 5.91 Å². The second-order valence-corrected chi connectivity index (χ2v) is 6.74. The molecule has 2 aromatic carbocycles. The Hall–Kier alpha value is -2.57. The van der Waals surface area contributed by atoms with Crippen LogP contribution in [0.2, 0.25) is 0 Å². The van der Waals surface area contributed by atoms with Crippen molar-refractivity contribution in [1.82, 2.24) is 5.32 Å². The Morgan fingerprint density at radius 2 is 2.00 bits per heavy atom. The van der Waals surface area contributed by atoms with Crippen molar-refractivity contribution in [2.75, 3.05) is 32.1 Å². The highest BCUT2D eigenvalue weighted by molar-refractivity contribution is 6.00. The molecule has 7 heteroatoms. The first-order valence-electron chi connectivity index (χ1n) is 9.60. The molecule has 0 aromatic heterocycles. The maximum absolute atomic E-state index is 12.4. The summed E-state index contributed by atoms with van der Waals surface area (Å²) in [5, 5.41) is 6.15. The van der Waals surface area contributed by atoms with Gasteiger partial charge < -0.3 is 20.1 Å². The molecule has 0 bridgehead atoms. The maximum Gasteiger partial charge on any atom is 0.262 e. The van der Waals surface area contributed by atoms with Crippen LogP contribution in [0.5, 0.6) is 11.5 Å². The number of fused-ring (bicyclic) bond motifs is 1. The largest absolute Gasteiger partial charge is 0.496 e. The Balaban J connectivity index is 0.00000300. The second kappa shape index (κ2) is 11.4. The second-order valence-electron chi connectivity index (χ2n) is 6.74. The van der Waals surface area contributed by atoms with Crippen molar-refractivity contribution in [3.63, 3.8) is 0 Å². The lowest BCUT2D eigenvalue weighted by Crippen LogP contribution is -2.25. The first kappa shape index (κ1) is 22.7. The van der Waals surface area contributed by atoms with Gasteiger partial charge in [0.2, 0.25) is 0 Å². The fraction of sp³-hybridized carbons (Fsp3) is 0.364. The maximum atomic E-state index is 12.4.